The number of Topliss-reactive ketones (excluding diaryl/α,β-unsaturated/α-hetero) is 2. The number of methoxy groups -OCH3 is 1. The second-order valence-corrected chi connectivity index (χ2v) is 13.3. The van der Waals surface area contributed by atoms with Crippen molar-refractivity contribution in [3.63, 3.8) is 0 Å². The van der Waals surface area contributed by atoms with Gasteiger partial charge in [-0.3, -0.25) is 24.0 Å². The van der Waals surface area contributed by atoms with Crippen LogP contribution in [0.3, 0.4) is 0 Å². The number of aliphatic hydroxyl groups is 1. The van der Waals surface area contributed by atoms with E-state index in [4.69, 9.17) is 9.47 Å². The number of rotatable bonds is 9. The molecule has 0 bridgehead atoms. The third-order valence-corrected chi connectivity index (χ3v) is 11.1. The van der Waals surface area contributed by atoms with Gasteiger partial charge in [0, 0.05) is 30.6 Å². The van der Waals surface area contributed by atoms with Crippen LogP contribution in [-0.2, 0) is 38.2 Å². The van der Waals surface area contributed by atoms with Crippen molar-refractivity contribution in [1.82, 2.24) is 5.32 Å². The molecule has 236 valence electrons. The predicted molar refractivity (Wildman–Crippen MR) is 157 cm³/mol. The second-order valence-electron chi connectivity index (χ2n) is 13.3. The maximum Gasteiger partial charge on any atom is 0.333 e. The molecule has 0 aliphatic heterocycles. The zero-order valence-electron chi connectivity index (χ0n) is 25.6. The number of ether oxygens (including phenoxy) is 2. The summed E-state index contributed by atoms with van der Waals surface area (Å²) in [7, 11) is 1.21. The zero-order chi connectivity index (χ0) is 31.9. The Hall–Kier alpha value is -3.66. The summed E-state index contributed by atoms with van der Waals surface area (Å²) in [5, 5.41) is 14.4. The molecule has 2 N–H and O–H groups in total. The highest BCUT2D eigenvalue weighted by Crippen LogP contribution is 2.66. The lowest BCUT2D eigenvalue weighted by atomic mass is 9.46. The normalized spacial score (nSPS) is 33.2. The molecule has 44 heavy (non-hydrogen) atoms. The minimum atomic E-state index is -1.82. The van der Waals surface area contributed by atoms with E-state index in [0.29, 0.717) is 24.8 Å². The van der Waals surface area contributed by atoms with Crippen LogP contribution in [0.5, 0.6) is 0 Å². The summed E-state index contributed by atoms with van der Waals surface area (Å²) < 4.78 is 9.99. The van der Waals surface area contributed by atoms with Gasteiger partial charge in [0.1, 0.15) is 11.4 Å². The average molecular weight is 608 g/mol. The number of amides is 1. The van der Waals surface area contributed by atoms with Crippen LogP contribution >= 0.6 is 0 Å². The van der Waals surface area contributed by atoms with Crippen molar-refractivity contribution >= 4 is 35.2 Å². The number of benzene rings is 1. The van der Waals surface area contributed by atoms with E-state index in [-0.39, 0.29) is 60.4 Å². The SMILES string of the molecule is COC(=O)[C@H](NC(=O)CCC(=O)OCC(=O)[C@@]1(O)CC[C@@H]2[C@H]3CCC4=CC(=O)CC[C@]4(C)[C@@H]3C(=O)C[C@@]21C)c1ccccc1. The molecule has 0 saturated heterocycles. The van der Waals surface area contributed by atoms with Crippen LogP contribution in [0.1, 0.15) is 83.2 Å². The summed E-state index contributed by atoms with van der Waals surface area (Å²) in [5.41, 5.74) is -1.61. The number of fused-ring (bicyclic) bond motifs is 5. The first-order valence-electron chi connectivity index (χ1n) is 15.4. The summed E-state index contributed by atoms with van der Waals surface area (Å²) in [6.45, 7) is 3.24. The topological polar surface area (TPSA) is 153 Å². The Bertz CT molecular complexity index is 1400. The van der Waals surface area contributed by atoms with Crippen molar-refractivity contribution in [2.75, 3.05) is 13.7 Å². The van der Waals surface area contributed by atoms with Gasteiger partial charge in [-0.1, -0.05) is 49.8 Å². The quantitative estimate of drug-likeness (QED) is 0.403. The minimum Gasteiger partial charge on any atom is -0.467 e. The van der Waals surface area contributed by atoms with Crippen LogP contribution in [-0.4, -0.2) is 59.6 Å². The molecular formula is C34H41NO9. The van der Waals surface area contributed by atoms with E-state index >= 15 is 0 Å². The number of ketones is 3. The van der Waals surface area contributed by atoms with Crippen molar-refractivity contribution in [3.8, 4) is 0 Å². The fraction of sp³-hybridized carbons (Fsp3) is 0.588. The van der Waals surface area contributed by atoms with Gasteiger partial charge in [-0.15, -0.1) is 0 Å². The Kier molecular flexibility index (Phi) is 8.68. The summed E-state index contributed by atoms with van der Waals surface area (Å²) in [6.07, 6.45) is 4.44. The van der Waals surface area contributed by atoms with Gasteiger partial charge in [0.05, 0.1) is 13.5 Å². The molecule has 0 heterocycles. The van der Waals surface area contributed by atoms with E-state index in [1.807, 2.05) is 6.92 Å². The molecule has 1 aromatic rings. The maximum atomic E-state index is 13.8. The monoisotopic (exact) mass is 607 g/mol. The van der Waals surface area contributed by atoms with Gasteiger partial charge in [-0.25, -0.2) is 4.79 Å². The summed E-state index contributed by atoms with van der Waals surface area (Å²) >= 11 is 0. The predicted octanol–water partition coefficient (Wildman–Crippen LogP) is 3.35. The Morgan fingerprint density at radius 3 is 2.45 bits per heavy atom. The van der Waals surface area contributed by atoms with Crippen molar-refractivity contribution in [2.45, 2.75) is 83.3 Å². The van der Waals surface area contributed by atoms with E-state index in [1.165, 1.54) is 7.11 Å². The van der Waals surface area contributed by atoms with Crippen LogP contribution in [0.25, 0.3) is 0 Å². The van der Waals surface area contributed by atoms with Gasteiger partial charge < -0.3 is 19.9 Å². The standard InChI is InChI=1S/C34H41NO9/c1-32-15-13-22(36)17-21(32)9-10-23-24-14-16-34(42,33(24,2)18-25(37)29(23)32)26(38)19-44-28(40)12-11-27(39)35-30(31(41)43-3)20-7-5-4-6-8-20/h4-8,17,23-24,29-30,42H,9-16,18-19H2,1-3H3,(H,35,39)/t23-,24-,29+,30-,32+,33+,34+/m1/s1. The van der Waals surface area contributed by atoms with Crippen LogP contribution < -0.4 is 5.32 Å². The highest BCUT2D eigenvalue weighted by atomic mass is 16.5. The van der Waals surface area contributed by atoms with E-state index in [9.17, 15) is 33.9 Å². The third kappa shape index (κ3) is 5.42. The molecule has 1 amide bonds. The first-order chi connectivity index (χ1) is 20.8. The lowest BCUT2D eigenvalue weighted by Crippen LogP contribution is -2.61. The molecular weight excluding hydrogens is 566 g/mol. The summed E-state index contributed by atoms with van der Waals surface area (Å²) in [6, 6.07) is 7.51. The Morgan fingerprint density at radius 1 is 1.02 bits per heavy atom. The molecule has 10 nitrogen and oxygen atoms in total. The van der Waals surface area contributed by atoms with Crippen molar-refractivity contribution < 1.29 is 43.3 Å². The van der Waals surface area contributed by atoms with Crippen LogP contribution in [0.4, 0.5) is 0 Å². The van der Waals surface area contributed by atoms with E-state index < -0.39 is 47.3 Å². The van der Waals surface area contributed by atoms with Gasteiger partial charge >= 0.3 is 11.9 Å². The summed E-state index contributed by atoms with van der Waals surface area (Å²) in [5.74, 6) is -2.83. The smallest absolute Gasteiger partial charge is 0.333 e. The van der Waals surface area contributed by atoms with Gasteiger partial charge in [0.2, 0.25) is 11.7 Å². The number of esters is 2. The molecule has 0 aromatic heterocycles. The number of carbonyl (C=O) groups excluding carboxylic acids is 6. The van der Waals surface area contributed by atoms with E-state index in [1.54, 1.807) is 36.4 Å². The van der Waals surface area contributed by atoms with E-state index in [2.05, 4.69) is 12.2 Å². The average Bonchev–Trinajstić information content (AvgIpc) is 3.28. The molecule has 3 fully saturated rings. The number of nitrogens with one attached hydrogen (secondary N) is 1. The first kappa shape index (κ1) is 31.8. The van der Waals surface area contributed by atoms with Crippen LogP contribution in [0.15, 0.2) is 42.0 Å². The van der Waals surface area contributed by atoms with Gasteiger partial charge in [0.15, 0.2) is 18.4 Å². The van der Waals surface area contributed by atoms with Crippen molar-refractivity contribution in [3.05, 3.63) is 47.5 Å². The van der Waals surface area contributed by atoms with Crippen molar-refractivity contribution in [2.24, 2.45) is 28.6 Å². The second kappa shape index (κ2) is 12.0. The number of allylic oxidation sites excluding steroid dienone is 1. The number of hydrogen-bond acceptors (Lipinski definition) is 9. The molecule has 10 heteroatoms. The fourth-order valence-electron chi connectivity index (χ4n) is 8.67. The first-order valence-corrected chi connectivity index (χ1v) is 15.4. The minimum absolute atomic E-state index is 0.00388. The fourth-order valence-corrected chi connectivity index (χ4v) is 8.67. The highest BCUT2D eigenvalue weighted by molar-refractivity contribution is 5.95. The van der Waals surface area contributed by atoms with Gasteiger partial charge in [0.25, 0.3) is 0 Å². The largest absolute Gasteiger partial charge is 0.467 e. The van der Waals surface area contributed by atoms with Crippen molar-refractivity contribution in [1.29, 1.82) is 0 Å². The van der Waals surface area contributed by atoms with Gasteiger partial charge in [-0.2, -0.15) is 0 Å². The van der Waals surface area contributed by atoms with Crippen LogP contribution in [0, 0.1) is 28.6 Å². The lowest BCUT2D eigenvalue weighted by molar-refractivity contribution is -0.173. The third-order valence-electron chi connectivity index (χ3n) is 11.1. The Balaban J connectivity index is 1.18. The number of carbonyl (C=O) groups is 6. The Labute approximate surface area is 256 Å². The van der Waals surface area contributed by atoms with Gasteiger partial charge in [-0.05, 0) is 61.0 Å². The molecule has 0 spiro atoms. The molecule has 4 aliphatic rings. The summed E-state index contributed by atoms with van der Waals surface area (Å²) in [4.78, 5) is 76.6. The van der Waals surface area contributed by atoms with E-state index in [0.717, 1.165) is 18.4 Å². The molecule has 4 aliphatic carbocycles. The molecule has 1 aromatic carbocycles. The Morgan fingerprint density at radius 2 is 1.75 bits per heavy atom. The molecule has 0 unspecified atom stereocenters. The number of hydrogen-bond donors (Lipinski definition) is 2. The lowest BCUT2D eigenvalue weighted by Gasteiger charge is -2.57. The zero-order valence-corrected chi connectivity index (χ0v) is 25.6. The van der Waals surface area contributed by atoms with Crippen LogP contribution in [0.2, 0.25) is 0 Å². The molecule has 0 radical (unpaired) electrons. The molecule has 5 rings (SSSR count). The molecule has 7 atom stereocenters. The highest BCUT2D eigenvalue weighted by Gasteiger charge is 2.68. The maximum absolute atomic E-state index is 13.8. The molecule has 3 saturated carbocycles.